The van der Waals surface area contributed by atoms with E-state index in [2.05, 4.69) is 25.5 Å². The highest BCUT2D eigenvalue weighted by molar-refractivity contribution is 6.32. The third kappa shape index (κ3) is 5.81. The summed E-state index contributed by atoms with van der Waals surface area (Å²) < 4.78 is 11.2. The summed E-state index contributed by atoms with van der Waals surface area (Å²) in [7, 11) is 1.59. The molecule has 4 rings (SSSR count). The van der Waals surface area contributed by atoms with E-state index in [9.17, 15) is 0 Å². The molecule has 0 amide bonds. The topological polar surface area (TPSA) is 71.5 Å². The first-order valence-electron chi connectivity index (χ1n) is 10.8. The monoisotopic (exact) mass is 453 g/mol. The van der Waals surface area contributed by atoms with Crippen molar-refractivity contribution in [1.82, 2.24) is 14.9 Å². The molecule has 32 heavy (non-hydrogen) atoms. The lowest BCUT2D eigenvalue weighted by Gasteiger charge is -2.15. The Kier molecular flexibility index (Phi) is 7.29. The van der Waals surface area contributed by atoms with Crippen molar-refractivity contribution in [2.24, 2.45) is 0 Å². The molecular formula is C24H28ClN5O2. The van der Waals surface area contributed by atoms with Crippen LogP contribution in [0.1, 0.15) is 18.4 Å². The summed E-state index contributed by atoms with van der Waals surface area (Å²) in [5, 5.41) is 7.11. The van der Waals surface area contributed by atoms with Crippen LogP contribution in [0.2, 0.25) is 5.02 Å². The molecule has 0 spiro atoms. The average Bonchev–Trinajstić information content (AvgIpc) is 3.32. The minimum absolute atomic E-state index is 0.502. The van der Waals surface area contributed by atoms with Crippen LogP contribution in [0.15, 0.2) is 48.7 Å². The van der Waals surface area contributed by atoms with E-state index in [-0.39, 0.29) is 0 Å². The van der Waals surface area contributed by atoms with E-state index in [0.717, 1.165) is 29.2 Å². The van der Waals surface area contributed by atoms with Gasteiger partial charge in [-0.05, 0) is 69.3 Å². The molecule has 1 aliphatic heterocycles. The van der Waals surface area contributed by atoms with Gasteiger partial charge in [-0.25, -0.2) is 4.98 Å². The normalized spacial score (nSPS) is 13.7. The van der Waals surface area contributed by atoms with Crippen molar-refractivity contribution in [3.63, 3.8) is 0 Å². The molecule has 7 nitrogen and oxygen atoms in total. The molecular weight excluding hydrogens is 426 g/mol. The Labute approximate surface area is 193 Å². The van der Waals surface area contributed by atoms with Gasteiger partial charge in [0.05, 0.1) is 12.1 Å². The van der Waals surface area contributed by atoms with E-state index in [0.29, 0.717) is 29.1 Å². The molecule has 0 unspecified atom stereocenters. The Bertz CT molecular complexity index is 1040. The van der Waals surface area contributed by atoms with Gasteiger partial charge < -0.3 is 20.1 Å². The zero-order chi connectivity index (χ0) is 22.3. The fourth-order valence-corrected chi connectivity index (χ4v) is 3.76. The number of halogens is 1. The maximum Gasteiger partial charge on any atom is 0.229 e. The van der Waals surface area contributed by atoms with Gasteiger partial charge in [0, 0.05) is 35.7 Å². The van der Waals surface area contributed by atoms with Gasteiger partial charge in [0.15, 0.2) is 0 Å². The molecule has 0 saturated carbocycles. The summed E-state index contributed by atoms with van der Waals surface area (Å²) in [5.74, 6) is 2.67. The second kappa shape index (κ2) is 10.5. The summed E-state index contributed by atoms with van der Waals surface area (Å²) in [5.41, 5.74) is 2.64. The van der Waals surface area contributed by atoms with Gasteiger partial charge >= 0.3 is 0 Å². The highest BCUT2D eigenvalue weighted by Gasteiger charge is 2.11. The molecule has 0 radical (unpaired) electrons. The first-order chi connectivity index (χ1) is 15.6. The Morgan fingerprint density at radius 2 is 1.78 bits per heavy atom. The van der Waals surface area contributed by atoms with Gasteiger partial charge in [0.1, 0.15) is 23.9 Å². The van der Waals surface area contributed by atoms with Crippen molar-refractivity contribution in [3.8, 4) is 11.5 Å². The quantitative estimate of drug-likeness (QED) is 0.448. The average molecular weight is 454 g/mol. The maximum absolute atomic E-state index is 6.12. The summed E-state index contributed by atoms with van der Waals surface area (Å²) in [6.07, 6.45) is 4.37. The Morgan fingerprint density at radius 1 is 1.03 bits per heavy atom. The van der Waals surface area contributed by atoms with Crippen molar-refractivity contribution in [2.75, 3.05) is 44.0 Å². The van der Waals surface area contributed by atoms with Gasteiger partial charge in [-0.3, -0.25) is 4.90 Å². The van der Waals surface area contributed by atoms with E-state index < -0.39 is 0 Å². The SMILES string of the molecule is COc1cc(Nc2nc(Nc3ccc(OCCN4CCCC4)cc3)ncc2C)ccc1Cl. The minimum atomic E-state index is 0.502. The lowest BCUT2D eigenvalue weighted by atomic mass is 10.2. The van der Waals surface area contributed by atoms with Crippen molar-refractivity contribution >= 4 is 34.7 Å². The van der Waals surface area contributed by atoms with Crippen LogP contribution < -0.4 is 20.1 Å². The lowest BCUT2D eigenvalue weighted by molar-refractivity contribution is 0.238. The van der Waals surface area contributed by atoms with Crippen molar-refractivity contribution in [3.05, 3.63) is 59.2 Å². The number of ether oxygens (including phenoxy) is 2. The van der Waals surface area contributed by atoms with Crippen LogP contribution in [0.3, 0.4) is 0 Å². The van der Waals surface area contributed by atoms with Crippen LogP contribution in [0.25, 0.3) is 0 Å². The number of aryl methyl sites for hydroxylation is 1. The number of benzene rings is 2. The number of methoxy groups -OCH3 is 1. The van der Waals surface area contributed by atoms with E-state index in [4.69, 9.17) is 21.1 Å². The third-order valence-corrected chi connectivity index (χ3v) is 5.68. The fourth-order valence-electron chi connectivity index (χ4n) is 3.57. The molecule has 2 aromatic carbocycles. The molecule has 3 aromatic rings. The Hall–Kier alpha value is -3.03. The van der Waals surface area contributed by atoms with Crippen LogP contribution in [0.5, 0.6) is 11.5 Å². The van der Waals surface area contributed by atoms with Crippen LogP contribution in [-0.2, 0) is 0 Å². The Balaban J connectivity index is 1.36. The van der Waals surface area contributed by atoms with Crippen LogP contribution in [-0.4, -0.2) is 48.2 Å². The van der Waals surface area contributed by atoms with E-state index >= 15 is 0 Å². The summed E-state index contributed by atoms with van der Waals surface area (Å²) in [6, 6.07) is 13.3. The number of hydrogen-bond donors (Lipinski definition) is 2. The van der Waals surface area contributed by atoms with Gasteiger partial charge in [-0.2, -0.15) is 4.98 Å². The smallest absolute Gasteiger partial charge is 0.229 e. The van der Waals surface area contributed by atoms with E-state index in [1.807, 2.05) is 43.3 Å². The predicted molar refractivity (Wildman–Crippen MR) is 129 cm³/mol. The number of nitrogens with zero attached hydrogens (tertiary/aromatic N) is 3. The third-order valence-electron chi connectivity index (χ3n) is 5.37. The second-order valence-corrected chi connectivity index (χ2v) is 8.15. The number of likely N-dealkylation sites (tertiary alicyclic amines) is 1. The maximum atomic E-state index is 6.12. The second-order valence-electron chi connectivity index (χ2n) is 7.75. The molecule has 1 aromatic heterocycles. The zero-order valence-electron chi connectivity index (χ0n) is 18.4. The van der Waals surface area contributed by atoms with Gasteiger partial charge in [-0.1, -0.05) is 11.6 Å². The first-order valence-corrected chi connectivity index (χ1v) is 11.1. The molecule has 1 aliphatic rings. The first kappa shape index (κ1) is 22.2. The Morgan fingerprint density at radius 3 is 2.53 bits per heavy atom. The predicted octanol–water partition coefficient (Wildman–Crippen LogP) is 5.41. The highest BCUT2D eigenvalue weighted by Crippen LogP contribution is 2.29. The molecule has 0 bridgehead atoms. The van der Waals surface area contributed by atoms with E-state index in [1.165, 1.54) is 25.9 Å². The molecule has 1 fully saturated rings. The number of hydrogen-bond acceptors (Lipinski definition) is 7. The van der Waals surface area contributed by atoms with E-state index in [1.54, 1.807) is 19.4 Å². The number of anilines is 4. The standard InChI is InChI=1S/C24H28ClN5O2/c1-17-16-26-24(29-23(17)27-19-7-10-21(25)22(15-19)31-2)28-18-5-8-20(9-6-18)32-14-13-30-11-3-4-12-30/h5-10,15-16H,3-4,11-14H2,1-2H3,(H2,26,27,28,29). The number of nitrogens with one attached hydrogen (secondary N) is 2. The summed E-state index contributed by atoms with van der Waals surface area (Å²) in [6.45, 7) is 6.01. The van der Waals surface area contributed by atoms with Gasteiger partial charge in [-0.15, -0.1) is 0 Å². The van der Waals surface area contributed by atoms with Gasteiger partial charge in [0.2, 0.25) is 5.95 Å². The molecule has 2 heterocycles. The molecule has 8 heteroatoms. The van der Waals surface area contributed by atoms with Crippen molar-refractivity contribution in [1.29, 1.82) is 0 Å². The number of rotatable bonds is 9. The number of aromatic nitrogens is 2. The van der Waals surface area contributed by atoms with Crippen LogP contribution in [0, 0.1) is 6.92 Å². The summed E-state index contributed by atoms with van der Waals surface area (Å²) >= 11 is 6.12. The lowest BCUT2D eigenvalue weighted by Crippen LogP contribution is -2.25. The van der Waals surface area contributed by atoms with Crippen molar-refractivity contribution < 1.29 is 9.47 Å². The molecule has 1 saturated heterocycles. The molecule has 2 N–H and O–H groups in total. The molecule has 168 valence electrons. The fraction of sp³-hybridized carbons (Fsp3) is 0.333. The molecule has 0 aliphatic carbocycles. The van der Waals surface area contributed by atoms with Gasteiger partial charge in [0.25, 0.3) is 0 Å². The summed E-state index contributed by atoms with van der Waals surface area (Å²) in [4.78, 5) is 11.4. The zero-order valence-corrected chi connectivity index (χ0v) is 19.2. The van der Waals surface area contributed by atoms with Crippen LogP contribution in [0.4, 0.5) is 23.1 Å². The largest absolute Gasteiger partial charge is 0.495 e. The van der Waals surface area contributed by atoms with Crippen LogP contribution >= 0.6 is 11.6 Å². The minimum Gasteiger partial charge on any atom is -0.495 e. The highest BCUT2D eigenvalue weighted by atomic mass is 35.5. The van der Waals surface area contributed by atoms with Crippen molar-refractivity contribution in [2.45, 2.75) is 19.8 Å². The molecule has 0 atom stereocenters.